The second-order valence-electron chi connectivity index (χ2n) is 7.89. The summed E-state index contributed by atoms with van der Waals surface area (Å²) >= 11 is 2.04. The summed E-state index contributed by atoms with van der Waals surface area (Å²) in [5.41, 5.74) is 2.40. The molecule has 2 aromatic carbocycles. The van der Waals surface area contributed by atoms with E-state index in [0.717, 1.165) is 18.3 Å². The molecule has 0 saturated heterocycles. The van der Waals surface area contributed by atoms with Gasteiger partial charge in [-0.25, -0.2) is 0 Å². The number of likely N-dealkylation sites (N-methyl/N-ethyl adjacent to an activating group) is 1. The highest BCUT2D eigenvalue weighted by molar-refractivity contribution is 8.00. The SMILES string of the molecule is CCN(CC)CC(O)C(c1ccccc1)c1ccc(SC2CCCCC2)cc1. The zero-order valence-corrected chi connectivity index (χ0v) is 18.2. The van der Waals surface area contributed by atoms with E-state index in [1.807, 2.05) is 17.8 Å². The number of thioether (sulfide) groups is 1. The van der Waals surface area contributed by atoms with Crippen molar-refractivity contribution >= 4 is 11.8 Å². The lowest BCUT2D eigenvalue weighted by atomic mass is 9.86. The summed E-state index contributed by atoms with van der Waals surface area (Å²) < 4.78 is 0. The third kappa shape index (κ3) is 5.85. The molecule has 1 aliphatic rings. The molecule has 0 radical (unpaired) electrons. The first-order chi connectivity index (χ1) is 13.7. The predicted molar refractivity (Wildman–Crippen MR) is 121 cm³/mol. The molecule has 0 bridgehead atoms. The third-order valence-corrected chi connectivity index (χ3v) is 7.33. The predicted octanol–water partition coefficient (Wildman–Crippen LogP) is 5.95. The van der Waals surface area contributed by atoms with Crippen LogP contribution < -0.4 is 0 Å². The molecule has 0 amide bonds. The van der Waals surface area contributed by atoms with Crippen molar-refractivity contribution < 1.29 is 5.11 Å². The second-order valence-corrected chi connectivity index (χ2v) is 9.26. The fraction of sp³-hybridized carbons (Fsp3) is 0.520. The van der Waals surface area contributed by atoms with Crippen molar-refractivity contribution in [1.29, 1.82) is 0 Å². The Balaban J connectivity index is 1.77. The number of hydrogen-bond donors (Lipinski definition) is 1. The zero-order valence-electron chi connectivity index (χ0n) is 17.4. The smallest absolute Gasteiger partial charge is 0.0776 e. The molecule has 0 spiro atoms. The van der Waals surface area contributed by atoms with Gasteiger partial charge in [-0.05, 0) is 49.2 Å². The molecule has 152 valence electrons. The van der Waals surface area contributed by atoms with Crippen LogP contribution in [0.4, 0.5) is 0 Å². The van der Waals surface area contributed by atoms with Gasteiger partial charge in [0.05, 0.1) is 6.10 Å². The number of hydrogen-bond acceptors (Lipinski definition) is 3. The van der Waals surface area contributed by atoms with Crippen LogP contribution in [-0.2, 0) is 0 Å². The second kappa shape index (κ2) is 11.0. The van der Waals surface area contributed by atoms with Crippen LogP contribution in [0.2, 0.25) is 0 Å². The molecule has 0 heterocycles. The Morgan fingerprint density at radius 1 is 0.893 bits per heavy atom. The lowest BCUT2D eigenvalue weighted by molar-refractivity contribution is 0.104. The maximum Gasteiger partial charge on any atom is 0.0776 e. The monoisotopic (exact) mass is 397 g/mol. The summed E-state index contributed by atoms with van der Waals surface area (Å²) in [6.45, 7) is 6.94. The highest BCUT2D eigenvalue weighted by Gasteiger charge is 2.25. The Kier molecular flexibility index (Phi) is 8.44. The summed E-state index contributed by atoms with van der Waals surface area (Å²) in [5.74, 6) is 0.00975. The molecule has 28 heavy (non-hydrogen) atoms. The normalized spacial score (nSPS) is 17.6. The fourth-order valence-corrected chi connectivity index (χ4v) is 5.53. The van der Waals surface area contributed by atoms with Gasteiger partial charge in [0, 0.05) is 22.6 Å². The molecular formula is C25H35NOS. The highest BCUT2D eigenvalue weighted by Crippen LogP contribution is 2.35. The van der Waals surface area contributed by atoms with Gasteiger partial charge in [0.15, 0.2) is 0 Å². The van der Waals surface area contributed by atoms with Crippen molar-refractivity contribution in [3.05, 3.63) is 65.7 Å². The number of aliphatic hydroxyl groups excluding tert-OH is 1. The number of aliphatic hydroxyl groups is 1. The fourth-order valence-electron chi connectivity index (χ4n) is 4.28. The Hall–Kier alpha value is -1.29. The van der Waals surface area contributed by atoms with Crippen molar-refractivity contribution in [3.8, 4) is 0 Å². The minimum absolute atomic E-state index is 0.00975. The van der Waals surface area contributed by atoms with Gasteiger partial charge in [0.2, 0.25) is 0 Å². The molecule has 3 rings (SSSR count). The van der Waals surface area contributed by atoms with Crippen molar-refractivity contribution in [1.82, 2.24) is 4.90 Å². The number of nitrogens with zero attached hydrogens (tertiary/aromatic N) is 1. The lowest BCUT2D eigenvalue weighted by Crippen LogP contribution is -2.36. The van der Waals surface area contributed by atoms with E-state index < -0.39 is 6.10 Å². The highest BCUT2D eigenvalue weighted by atomic mass is 32.2. The van der Waals surface area contributed by atoms with E-state index in [4.69, 9.17) is 0 Å². The van der Waals surface area contributed by atoms with Gasteiger partial charge in [-0.2, -0.15) is 0 Å². The molecule has 2 atom stereocenters. The van der Waals surface area contributed by atoms with Crippen molar-refractivity contribution in [2.45, 2.75) is 68.1 Å². The number of benzene rings is 2. The topological polar surface area (TPSA) is 23.5 Å². The van der Waals surface area contributed by atoms with Crippen LogP contribution in [0.3, 0.4) is 0 Å². The van der Waals surface area contributed by atoms with E-state index in [2.05, 4.69) is 67.3 Å². The van der Waals surface area contributed by atoms with E-state index in [0.29, 0.717) is 6.54 Å². The van der Waals surface area contributed by atoms with Gasteiger partial charge < -0.3 is 10.0 Å². The van der Waals surface area contributed by atoms with Gasteiger partial charge in [-0.3, -0.25) is 0 Å². The van der Waals surface area contributed by atoms with Crippen molar-refractivity contribution in [2.75, 3.05) is 19.6 Å². The molecule has 0 aliphatic heterocycles. The van der Waals surface area contributed by atoms with Crippen molar-refractivity contribution in [3.63, 3.8) is 0 Å². The van der Waals surface area contributed by atoms with E-state index in [1.165, 1.54) is 48.1 Å². The number of rotatable bonds is 9. The quantitative estimate of drug-likeness (QED) is 0.566. The summed E-state index contributed by atoms with van der Waals surface area (Å²) in [7, 11) is 0. The van der Waals surface area contributed by atoms with E-state index in [9.17, 15) is 5.11 Å². The third-order valence-electron chi connectivity index (χ3n) is 5.98. The van der Waals surface area contributed by atoms with Gasteiger partial charge in [0.1, 0.15) is 0 Å². The van der Waals surface area contributed by atoms with E-state index >= 15 is 0 Å². The van der Waals surface area contributed by atoms with Crippen LogP contribution >= 0.6 is 11.8 Å². The summed E-state index contributed by atoms with van der Waals surface area (Å²) in [6, 6.07) is 19.4. The van der Waals surface area contributed by atoms with Crippen LogP contribution in [-0.4, -0.2) is 41.0 Å². The molecule has 0 aromatic heterocycles. The lowest BCUT2D eigenvalue weighted by Gasteiger charge is -2.29. The molecule has 1 fully saturated rings. The maximum atomic E-state index is 11.1. The van der Waals surface area contributed by atoms with Gasteiger partial charge in [0.25, 0.3) is 0 Å². The molecule has 3 heteroatoms. The van der Waals surface area contributed by atoms with Gasteiger partial charge in [-0.15, -0.1) is 11.8 Å². The zero-order chi connectivity index (χ0) is 19.8. The van der Waals surface area contributed by atoms with Crippen molar-refractivity contribution in [2.24, 2.45) is 0 Å². The first-order valence-electron chi connectivity index (χ1n) is 10.9. The Bertz CT molecular complexity index is 677. The average molecular weight is 398 g/mol. The van der Waals surface area contributed by atoms with Crippen LogP contribution in [0.15, 0.2) is 59.5 Å². The summed E-state index contributed by atoms with van der Waals surface area (Å²) in [5, 5.41) is 11.9. The molecule has 1 aliphatic carbocycles. The molecule has 1 N–H and O–H groups in total. The Morgan fingerprint density at radius 2 is 1.50 bits per heavy atom. The standard InChI is InChI=1S/C25H35NOS/c1-3-26(4-2)19-24(27)25(20-11-7-5-8-12-20)21-15-17-23(18-16-21)28-22-13-9-6-10-14-22/h5,7-8,11-12,15-18,22,24-25,27H,3-4,6,9-10,13-14,19H2,1-2H3. The largest absolute Gasteiger partial charge is 0.391 e. The maximum absolute atomic E-state index is 11.1. The Labute approximate surface area is 175 Å². The van der Waals surface area contributed by atoms with Gasteiger partial charge >= 0.3 is 0 Å². The average Bonchev–Trinajstić information content (AvgIpc) is 2.75. The minimum Gasteiger partial charge on any atom is -0.391 e. The first-order valence-corrected chi connectivity index (χ1v) is 11.8. The molecule has 2 nitrogen and oxygen atoms in total. The molecular weight excluding hydrogens is 362 g/mol. The summed E-state index contributed by atoms with van der Waals surface area (Å²) in [4.78, 5) is 3.66. The first kappa shape index (κ1) is 21.4. The molecule has 2 unspecified atom stereocenters. The van der Waals surface area contributed by atoms with Crippen LogP contribution in [0.5, 0.6) is 0 Å². The van der Waals surface area contributed by atoms with Gasteiger partial charge in [-0.1, -0.05) is 75.6 Å². The van der Waals surface area contributed by atoms with Crippen LogP contribution in [0.25, 0.3) is 0 Å². The molecule has 1 saturated carbocycles. The van der Waals surface area contributed by atoms with Crippen LogP contribution in [0.1, 0.15) is 63.0 Å². The van der Waals surface area contributed by atoms with E-state index in [1.54, 1.807) is 0 Å². The Morgan fingerprint density at radius 3 is 2.11 bits per heavy atom. The van der Waals surface area contributed by atoms with Crippen LogP contribution in [0, 0.1) is 0 Å². The van der Waals surface area contributed by atoms with E-state index in [-0.39, 0.29) is 5.92 Å². The summed E-state index contributed by atoms with van der Waals surface area (Å²) in [6.07, 6.45) is 6.44. The minimum atomic E-state index is -0.417. The molecule has 2 aromatic rings.